The lowest BCUT2D eigenvalue weighted by Gasteiger charge is -2.04. The van der Waals surface area contributed by atoms with Crippen molar-refractivity contribution < 1.29 is 4.74 Å². The Kier molecular flexibility index (Phi) is 1.06. The predicted octanol–water partition coefficient (Wildman–Crippen LogP) is 2.05. The summed E-state index contributed by atoms with van der Waals surface area (Å²) < 4.78 is 5.06. The van der Waals surface area contributed by atoms with Crippen molar-refractivity contribution >= 4 is 17.4 Å². The Morgan fingerprint density at radius 1 is 1.67 bits per heavy atom. The molecule has 1 aliphatic heterocycles. The average Bonchev–Trinajstić information content (AvgIpc) is 2.33. The Morgan fingerprint density at radius 3 is 3.56 bits per heavy atom. The smallest absolute Gasteiger partial charge is 0.122 e. The molecule has 2 heteroatoms. The first-order valence-electron chi connectivity index (χ1n) is 2.74. The van der Waals surface area contributed by atoms with Gasteiger partial charge in [-0.25, -0.2) is 0 Å². The largest absolute Gasteiger partial charge is 0.496 e. The molecule has 0 aromatic carbocycles. The van der Waals surface area contributed by atoms with Gasteiger partial charge in [0.15, 0.2) is 0 Å². The van der Waals surface area contributed by atoms with E-state index in [2.05, 4.69) is 5.38 Å². The van der Waals surface area contributed by atoms with Gasteiger partial charge in [0.25, 0.3) is 0 Å². The zero-order valence-corrected chi connectivity index (χ0v) is 5.57. The second-order valence-electron chi connectivity index (χ2n) is 1.86. The third kappa shape index (κ3) is 0.754. The molecular weight excluding hydrogens is 132 g/mol. The molecule has 0 bridgehead atoms. The molecule has 0 unspecified atom stereocenters. The highest BCUT2D eigenvalue weighted by Gasteiger charge is 2.04. The fourth-order valence-electron chi connectivity index (χ4n) is 0.803. The van der Waals surface area contributed by atoms with Crippen LogP contribution in [0.25, 0.3) is 6.08 Å². The summed E-state index contributed by atoms with van der Waals surface area (Å²) in [5.41, 5.74) is 1.26. The second kappa shape index (κ2) is 1.88. The molecule has 0 atom stereocenters. The fourth-order valence-corrected chi connectivity index (χ4v) is 1.50. The zero-order valence-electron chi connectivity index (χ0n) is 4.76. The molecular formula is C7H5OS. The summed E-state index contributed by atoms with van der Waals surface area (Å²) in [5, 5.41) is 3.05. The van der Waals surface area contributed by atoms with Crippen molar-refractivity contribution in [3.8, 4) is 0 Å². The maximum absolute atomic E-state index is 5.06. The molecule has 0 saturated carbocycles. The minimum absolute atomic E-state index is 0.722. The van der Waals surface area contributed by atoms with Gasteiger partial charge in [0, 0.05) is 10.3 Å². The van der Waals surface area contributed by atoms with E-state index in [1.807, 2.05) is 12.1 Å². The van der Waals surface area contributed by atoms with Gasteiger partial charge < -0.3 is 4.74 Å². The summed E-state index contributed by atoms with van der Waals surface area (Å²) >= 11 is 1.62. The Labute approximate surface area is 57.6 Å². The van der Waals surface area contributed by atoms with Crippen LogP contribution >= 0.6 is 11.3 Å². The SMILES string of the molecule is [c]1cc2c(s1)COC=C2. The Morgan fingerprint density at radius 2 is 2.67 bits per heavy atom. The van der Waals surface area contributed by atoms with E-state index in [1.54, 1.807) is 17.6 Å². The molecule has 0 fully saturated rings. The highest BCUT2D eigenvalue weighted by molar-refractivity contribution is 7.09. The third-order valence-electron chi connectivity index (χ3n) is 1.28. The summed E-state index contributed by atoms with van der Waals surface area (Å²) in [6.45, 7) is 0.722. The molecule has 1 nitrogen and oxygen atoms in total. The lowest BCUT2D eigenvalue weighted by Crippen LogP contribution is -1.89. The van der Waals surface area contributed by atoms with Crippen LogP contribution in [0.3, 0.4) is 0 Å². The van der Waals surface area contributed by atoms with Gasteiger partial charge in [0.2, 0.25) is 0 Å². The van der Waals surface area contributed by atoms with E-state index < -0.39 is 0 Å². The minimum Gasteiger partial charge on any atom is -0.496 e. The maximum atomic E-state index is 5.06. The van der Waals surface area contributed by atoms with Crippen LogP contribution in [-0.2, 0) is 11.3 Å². The van der Waals surface area contributed by atoms with Gasteiger partial charge in [-0.15, -0.1) is 11.3 Å². The molecule has 1 aromatic rings. The summed E-state index contributed by atoms with van der Waals surface area (Å²) in [5.74, 6) is 0. The Hall–Kier alpha value is -0.760. The molecule has 2 rings (SSSR count). The number of hydrogen-bond donors (Lipinski definition) is 0. The molecule has 0 spiro atoms. The van der Waals surface area contributed by atoms with Gasteiger partial charge in [0.05, 0.1) is 6.26 Å². The predicted molar refractivity (Wildman–Crippen MR) is 37.0 cm³/mol. The number of ether oxygens (including phenoxy) is 1. The van der Waals surface area contributed by atoms with Gasteiger partial charge in [-0.2, -0.15) is 0 Å². The maximum Gasteiger partial charge on any atom is 0.122 e. The van der Waals surface area contributed by atoms with E-state index in [-0.39, 0.29) is 0 Å². The van der Waals surface area contributed by atoms with E-state index in [4.69, 9.17) is 4.74 Å². The van der Waals surface area contributed by atoms with Crippen molar-refractivity contribution in [2.45, 2.75) is 6.61 Å². The molecule has 1 aromatic heterocycles. The topological polar surface area (TPSA) is 9.23 Å². The fraction of sp³-hybridized carbons (Fsp3) is 0.143. The van der Waals surface area contributed by atoms with Gasteiger partial charge in [-0.3, -0.25) is 0 Å². The van der Waals surface area contributed by atoms with E-state index >= 15 is 0 Å². The molecule has 1 aliphatic rings. The van der Waals surface area contributed by atoms with Gasteiger partial charge >= 0.3 is 0 Å². The van der Waals surface area contributed by atoms with E-state index in [0.29, 0.717) is 0 Å². The van der Waals surface area contributed by atoms with Crippen LogP contribution in [0.5, 0.6) is 0 Å². The Bertz CT molecular complexity index is 237. The van der Waals surface area contributed by atoms with Crippen LogP contribution < -0.4 is 0 Å². The number of rotatable bonds is 0. The van der Waals surface area contributed by atoms with E-state index in [9.17, 15) is 0 Å². The van der Waals surface area contributed by atoms with Crippen molar-refractivity contribution in [3.63, 3.8) is 0 Å². The normalized spacial score (nSPS) is 14.7. The van der Waals surface area contributed by atoms with E-state index in [1.165, 1.54) is 10.4 Å². The average molecular weight is 137 g/mol. The number of hydrogen-bond acceptors (Lipinski definition) is 2. The van der Waals surface area contributed by atoms with Crippen molar-refractivity contribution in [2.24, 2.45) is 0 Å². The first kappa shape index (κ1) is 5.06. The molecule has 0 aliphatic carbocycles. The lowest BCUT2D eigenvalue weighted by atomic mass is 10.2. The quantitative estimate of drug-likeness (QED) is 0.531. The van der Waals surface area contributed by atoms with Crippen LogP contribution in [0, 0.1) is 5.38 Å². The first-order chi connectivity index (χ1) is 4.47. The summed E-state index contributed by atoms with van der Waals surface area (Å²) in [6, 6.07) is 1.99. The van der Waals surface area contributed by atoms with Crippen LogP contribution in [0.4, 0.5) is 0 Å². The van der Waals surface area contributed by atoms with Gasteiger partial charge in [-0.1, -0.05) is 0 Å². The zero-order chi connectivity index (χ0) is 6.10. The second-order valence-corrected chi connectivity index (χ2v) is 2.79. The first-order valence-corrected chi connectivity index (χ1v) is 3.55. The van der Waals surface area contributed by atoms with Crippen LogP contribution in [0.2, 0.25) is 0 Å². The highest BCUT2D eigenvalue weighted by Crippen LogP contribution is 2.21. The van der Waals surface area contributed by atoms with Crippen LogP contribution in [0.15, 0.2) is 12.3 Å². The molecule has 1 radical (unpaired) electrons. The molecule has 0 saturated heterocycles. The number of fused-ring (bicyclic) bond motifs is 1. The van der Waals surface area contributed by atoms with Gasteiger partial charge in [-0.05, 0) is 17.7 Å². The lowest BCUT2D eigenvalue weighted by molar-refractivity contribution is 0.238. The minimum atomic E-state index is 0.722. The monoisotopic (exact) mass is 137 g/mol. The van der Waals surface area contributed by atoms with Crippen LogP contribution in [-0.4, -0.2) is 0 Å². The van der Waals surface area contributed by atoms with Crippen LogP contribution in [0.1, 0.15) is 10.4 Å². The summed E-state index contributed by atoms with van der Waals surface area (Å²) in [6.07, 6.45) is 3.69. The summed E-state index contributed by atoms with van der Waals surface area (Å²) in [7, 11) is 0. The standard InChI is InChI=1S/C7H5OS/c1-3-8-5-7-6(1)2-4-9-7/h1-3H,5H2. The highest BCUT2D eigenvalue weighted by atomic mass is 32.1. The Balaban J connectivity index is 2.53. The molecule has 0 N–H and O–H groups in total. The van der Waals surface area contributed by atoms with E-state index in [0.717, 1.165) is 6.61 Å². The number of thiophene rings is 1. The van der Waals surface area contributed by atoms with Crippen molar-refractivity contribution in [1.29, 1.82) is 0 Å². The molecule has 2 heterocycles. The van der Waals surface area contributed by atoms with Crippen molar-refractivity contribution in [1.82, 2.24) is 0 Å². The van der Waals surface area contributed by atoms with Gasteiger partial charge in [0.1, 0.15) is 6.61 Å². The third-order valence-corrected chi connectivity index (χ3v) is 2.11. The molecule has 0 amide bonds. The molecule has 45 valence electrons. The van der Waals surface area contributed by atoms with Crippen molar-refractivity contribution in [3.05, 3.63) is 28.1 Å². The summed E-state index contributed by atoms with van der Waals surface area (Å²) in [4.78, 5) is 1.28. The van der Waals surface area contributed by atoms with Crippen molar-refractivity contribution in [2.75, 3.05) is 0 Å². The molecule has 9 heavy (non-hydrogen) atoms.